The third-order valence-electron chi connectivity index (χ3n) is 2.62. The number of fused-ring (bicyclic) bond motifs is 1. The zero-order chi connectivity index (χ0) is 15.0. The molecule has 0 N–H and O–H groups in total. The molecule has 0 amide bonds. The summed E-state index contributed by atoms with van der Waals surface area (Å²) in [6, 6.07) is 16.4. The van der Waals surface area contributed by atoms with Crippen LogP contribution in [0.2, 0.25) is 5.02 Å². The fourth-order valence-corrected chi connectivity index (χ4v) is 2.52. The zero-order valence-electron chi connectivity index (χ0n) is 12.5. The molecule has 0 atom stereocenters. The fraction of sp³-hybridized carbons (Fsp3) is 0.222. The Kier molecular flexibility index (Phi) is 7.35. The average Bonchev–Trinajstić information content (AvgIpc) is 2.92. The number of benzene rings is 2. The summed E-state index contributed by atoms with van der Waals surface area (Å²) in [4.78, 5) is 0. The van der Waals surface area contributed by atoms with Gasteiger partial charge in [-0.05, 0) is 48.9 Å². The van der Waals surface area contributed by atoms with Crippen molar-refractivity contribution in [2.24, 2.45) is 0 Å². The molecule has 20 heavy (non-hydrogen) atoms. The first-order valence-electron chi connectivity index (χ1n) is 6.81. The van der Waals surface area contributed by atoms with Gasteiger partial charge >= 0.3 is 0 Å². The number of hydrogen-bond acceptors (Lipinski definition) is 1. The highest BCUT2D eigenvalue weighted by molar-refractivity contribution is 7.17. The molecule has 0 nitrogen and oxygen atoms in total. The van der Waals surface area contributed by atoms with Crippen LogP contribution in [0, 0.1) is 13.8 Å². The van der Waals surface area contributed by atoms with E-state index in [2.05, 4.69) is 36.6 Å². The van der Waals surface area contributed by atoms with Crippen LogP contribution in [0.25, 0.3) is 10.1 Å². The van der Waals surface area contributed by atoms with E-state index < -0.39 is 0 Å². The number of thiophene rings is 1. The maximum absolute atomic E-state index is 5.61. The smallest absolute Gasteiger partial charge is 0.0406 e. The van der Waals surface area contributed by atoms with Gasteiger partial charge in [0.1, 0.15) is 0 Å². The van der Waals surface area contributed by atoms with Gasteiger partial charge in [-0.1, -0.05) is 60.8 Å². The summed E-state index contributed by atoms with van der Waals surface area (Å²) in [5, 5.41) is 4.30. The second kappa shape index (κ2) is 8.78. The molecule has 1 heterocycles. The molecule has 0 spiro atoms. The zero-order valence-corrected chi connectivity index (χ0v) is 14.1. The topological polar surface area (TPSA) is 0 Å². The van der Waals surface area contributed by atoms with Crippen LogP contribution in [0.3, 0.4) is 0 Å². The molecule has 0 radical (unpaired) electrons. The van der Waals surface area contributed by atoms with Crippen LogP contribution in [-0.2, 0) is 0 Å². The highest BCUT2D eigenvalue weighted by Gasteiger charge is 1.91. The lowest BCUT2D eigenvalue weighted by Crippen LogP contribution is -1.67. The Morgan fingerprint density at radius 3 is 2.00 bits per heavy atom. The van der Waals surface area contributed by atoms with Gasteiger partial charge in [0.15, 0.2) is 0 Å². The molecule has 2 heteroatoms. The minimum atomic E-state index is 0.801. The van der Waals surface area contributed by atoms with Gasteiger partial charge < -0.3 is 0 Å². The van der Waals surface area contributed by atoms with Crippen LogP contribution in [-0.4, -0.2) is 0 Å². The molecule has 0 aliphatic carbocycles. The van der Waals surface area contributed by atoms with E-state index in [4.69, 9.17) is 11.6 Å². The Morgan fingerprint density at radius 1 is 0.800 bits per heavy atom. The van der Waals surface area contributed by atoms with E-state index in [0.29, 0.717) is 0 Å². The lowest BCUT2D eigenvalue weighted by Gasteiger charge is -1.89. The Balaban J connectivity index is 0.000000182. The van der Waals surface area contributed by atoms with E-state index in [1.807, 2.05) is 45.0 Å². The van der Waals surface area contributed by atoms with Crippen LogP contribution < -0.4 is 0 Å². The normalized spacial score (nSPS) is 9.25. The van der Waals surface area contributed by atoms with Gasteiger partial charge in [0.25, 0.3) is 0 Å². The summed E-state index contributed by atoms with van der Waals surface area (Å²) in [6.45, 7) is 8.16. The first-order valence-corrected chi connectivity index (χ1v) is 8.07. The predicted molar refractivity (Wildman–Crippen MR) is 94.1 cm³/mol. The van der Waals surface area contributed by atoms with Gasteiger partial charge in [-0.2, -0.15) is 0 Å². The summed E-state index contributed by atoms with van der Waals surface area (Å²) in [5.41, 5.74) is 2.58. The Morgan fingerprint density at radius 2 is 1.40 bits per heavy atom. The minimum Gasteiger partial charge on any atom is -0.144 e. The molecule has 0 aliphatic rings. The molecule has 3 aromatic rings. The molecular weight excluding hydrogens is 284 g/mol. The highest BCUT2D eigenvalue weighted by Crippen LogP contribution is 2.20. The summed E-state index contributed by atoms with van der Waals surface area (Å²) in [7, 11) is 0. The van der Waals surface area contributed by atoms with E-state index in [0.717, 1.165) is 5.02 Å². The third-order valence-corrected chi connectivity index (χ3v) is 3.77. The van der Waals surface area contributed by atoms with Crippen molar-refractivity contribution in [3.63, 3.8) is 0 Å². The van der Waals surface area contributed by atoms with Crippen LogP contribution in [0.4, 0.5) is 0 Å². The van der Waals surface area contributed by atoms with Gasteiger partial charge in [0, 0.05) is 9.72 Å². The van der Waals surface area contributed by atoms with Gasteiger partial charge in [-0.25, -0.2) is 0 Å². The van der Waals surface area contributed by atoms with Gasteiger partial charge in [-0.15, -0.1) is 11.3 Å². The molecule has 1 aromatic heterocycles. The Bertz CT molecular complexity index is 602. The Labute approximate surface area is 131 Å². The summed E-state index contributed by atoms with van der Waals surface area (Å²) >= 11 is 7.41. The maximum Gasteiger partial charge on any atom is 0.0406 e. The van der Waals surface area contributed by atoms with Crippen LogP contribution in [0.15, 0.2) is 53.9 Å². The molecule has 0 saturated heterocycles. The molecular formula is C18H21ClS. The molecule has 0 saturated carbocycles. The Hall–Kier alpha value is -1.31. The van der Waals surface area contributed by atoms with Crippen LogP contribution in [0.1, 0.15) is 25.0 Å². The molecule has 0 aliphatic heterocycles. The van der Waals surface area contributed by atoms with Crippen molar-refractivity contribution in [1.82, 2.24) is 0 Å². The second-order valence-electron chi connectivity index (χ2n) is 4.26. The van der Waals surface area contributed by atoms with Crippen LogP contribution in [0.5, 0.6) is 0 Å². The van der Waals surface area contributed by atoms with Crippen molar-refractivity contribution in [1.29, 1.82) is 0 Å². The largest absolute Gasteiger partial charge is 0.144 e. The van der Waals surface area contributed by atoms with Crippen molar-refractivity contribution >= 4 is 33.0 Å². The predicted octanol–water partition coefficient (Wildman–Crippen LogP) is 6.88. The minimum absolute atomic E-state index is 0.801. The van der Waals surface area contributed by atoms with E-state index in [9.17, 15) is 0 Å². The first-order chi connectivity index (χ1) is 9.65. The monoisotopic (exact) mass is 304 g/mol. The maximum atomic E-state index is 5.61. The van der Waals surface area contributed by atoms with Crippen molar-refractivity contribution in [3.05, 3.63) is 70.1 Å². The van der Waals surface area contributed by atoms with Crippen molar-refractivity contribution in [2.45, 2.75) is 27.7 Å². The van der Waals surface area contributed by atoms with Crippen molar-refractivity contribution in [2.75, 3.05) is 0 Å². The molecule has 106 valence electrons. The molecule has 2 aromatic carbocycles. The first kappa shape index (κ1) is 16.7. The van der Waals surface area contributed by atoms with E-state index in [1.165, 1.54) is 21.2 Å². The van der Waals surface area contributed by atoms with E-state index in [-0.39, 0.29) is 0 Å². The summed E-state index contributed by atoms with van der Waals surface area (Å²) in [5.74, 6) is 0. The molecule has 3 rings (SSSR count). The summed E-state index contributed by atoms with van der Waals surface area (Å²) in [6.07, 6.45) is 0. The van der Waals surface area contributed by atoms with Crippen LogP contribution >= 0.6 is 22.9 Å². The van der Waals surface area contributed by atoms with Gasteiger partial charge in [0.2, 0.25) is 0 Å². The lowest BCUT2D eigenvalue weighted by molar-refractivity contribution is 1.48. The summed E-state index contributed by atoms with van der Waals surface area (Å²) < 4.78 is 1.38. The van der Waals surface area contributed by atoms with E-state index >= 15 is 0 Å². The number of rotatable bonds is 0. The number of halogens is 1. The average molecular weight is 305 g/mol. The quantitative estimate of drug-likeness (QED) is 0.424. The fourth-order valence-electron chi connectivity index (χ4n) is 1.62. The molecule has 0 bridgehead atoms. The number of hydrogen-bond donors (Lipinski definition) is 0. The molecule has 0 fully saturated rings. The molecule has 0 unspecified atom stereocenters. The van der Waals surface area contributed by atoms with Gasteiger partial charge in [-0.3, -0.25) is 0 Å². The number of aryl methyl sites for hydroxylation is 2. The van der Waals surface area contributed by atoms with Gasteiger partial charge in [0.05, 0.1) is 0 Å². The second-order valence-corrected chi connectivity index (χ2v) is 5.64. The highest BCUT2D eigenvalue weighted by atomic mass is 35.5. The standard InChI is InChI=1S/C9H8S.C7H7Cl.C2H6/c1-7-2-3-9-8(6-7)4-5-10-9;1-6-2-4-7(8)5-3-6;1-2/h2-6H,1H3;2-5H,1H3;1-2H3. The lowest BCUT2D eigenvalue weighted by atomic mass is 10.2. The van der Waals surface area contributed by atoms with E-state index in [1.54, 1.807) is 11.3 Å². The van der Waals surface area contributed by atoms with Crippen molar-refractivity contribution < 1.29 is 0 Å². The van der Waals surface area contributed by atoms with Crippen molar-refractivity contribution in [3.8, 4) is 0 Å². The third kappa shape index (κ3) is 5.36. The SMILES string of the molecule is CC.Cc1ccc(Cl)cc1.Cc1ccc2sccc2c1.